The normalized spacial score (nSPS) is 10.8. The van der Waals surface area contributed by atoms with Crippen LogP contribution in [0.4, 0.5) is 4.39 Å². The van der Waals surface area contributed by atoms with E-state index < -0.39 is 0 Å². The zero-order chi connectivity index (χ0) is 14.8. The number of hydrogen-bond acceptors (Lipinski definition) is 3. The second kappa shape index (κ2) is 5.46. The Bertz CT molecular complexity index is 779. The van der Waals surface area contributed by atoms with Crippen molar-refractivity contribution in [3.63, 3.8) is 0 Å². The summed E-state index contributed by atoms with van der Waals surface area (Å²) in [6.07, 6.45) is 5.31. The van der Waals surface area contributed by atoms with Gasteiger partial charge in [0, 0.05) is 30.2 Å². The van der Waals surface area contributed by atoms with Crippen LogP contribution in [0.2, 0.25) is 0 Å². The molecule has 0 bridgehead atoms. The average Bonchev–Trinajstić information content (AvgIpc) is 2.96. The van der Waals surface area contributed by atoms with E-state index in [1.54, 1.807) is 17.1 Å². The average molecular weight is 282 g/mol. The summed E-state index contributed by atoms with van der Waals surface area (Å²) in [5.74, 6) is -0.291. The van der Waals surface area contributed by atoms with Crippen LogP contribution < -0.4 is 5.73 Å². The minimum atomic E-state index is -0.291. The zero-order valence-corrected chi connectivity index (χ0v) is 11.6. The van der Waals surface area contributed by atoms with Crippen LogP contribution in [-0.4, -0.2) is 14.8 Å². The van der Waals surface area contributed by atoms with Crippen molar-refractivity contribution in [2.45, 2.75) is 13.5 Å². The van der Waals surface area contributed by atoms with Gasteiger partial charge in [0.15, 0.2) is 0 Å². The van der Waals surface area contributed by atoms with E-state index in [4.69, 9.17) is 5.73 Å². The fourth-order valence-electron chi connectivity index (χ4n) is 2.22. The van der Waals surface area contributed by atoms with E-state index >= 15 is 0 Å². The molecule has 106 valence electrons. The highest BCUT2D eigenvalue weighted by molar-refractivity contribution is 5.63. The number of pyridine rings is 1. The van der Waals surface area contributed by atoms with Gasteiger partial charge in [-0.05, 0) is 48.4 Å². The molecular formula is C16H15FN4. The van der Waals surface area contributed by atoms with Crippen LogP contribution in [0.3, 0.4) is 0 Å². The summed E-state index contributed by atoms with van der Waals surface area (Å²) >= 11 is 0. The van der Waals surface area contributed by atoms with Gasteiger partial charge >= 0.3 is 0 Å². The molecule has 0 aliphatic rings. The molecule has 0 aliphatic heterocycles. The Morgan fingerprint density at radius 1 is 1.19 bits per heavy atom. The summed E-state index contributed by atoms with van der Waals surface area (Å²) in [6, 6.07) is 8.62. The molecule has 0 amide bonds. The zero-order valence-electron chi connectivity index (χ0n) is 11.6. The summed E-state index contributed by atoms with van der Waals surface area (Å²) in [4.78, 5) is 4.16. The van der Waals surface area contributed by atoms with Crippen molar-refractivity contribution >= 4 is 0 Å². The van der Waals surface area contributed by atoms with Crippen molar-refractivity contribution in [3.8, 4) is 16.8 Å². The number of benzene rings is 1. The molecule has 0 aliphatic carbocycles. The summed E-state index contributed by atoms with van der Waals surface area (Å²) in [7, 11) is 0. The van der Waals surface area contributed by atoms with Gasteiger partial charge in [-0.25, -0.2) is 9.07 Å². The van der Waals surface area contributed by atoms with Crippen LogP contribution in [0, 0.1) is 12.7 Å². The molecule has 2 heterocycles. The molecule has 0 atom stereocenters. The Balaban J connectivity index is 2.00. The van der Waals surface area contributed by atoms with E-state index in [9.17, 15) is 4.39 Å². The Morgan fingerprint density at radius 2 is 2.05 bits per heavy atom. The quantitative estimate of drug-likeness (QED) is 0.803. The van der Waals surface area contributed by atoms with Gasteiger partial charge in [0.05, 0.1) is 11.9 Å². The van der Waals surface area contributed by atoms with E-state index in [0.717, 1.165) is 28.1 Å². The largest absolute Gasteiger partial charge is 0.326 e. The summed E-state index contributed by atoms with van der Waals surface area (Å²) in [5.41, 5.74) is 9.80. The lowest BCUT2D eigenvalue weighted by atomic mass is 10.1. The fraction of sp³-hybridized carbons (Fsp3) is 0.125. The van der Waals surface area contributed by atoms with Gasteiger partial charge in [0.2, 0.25) is 0 Å². The topological polar surface area (TPSA) is 56.7 Å². The van der Waals surface area contributed by atoms with Crippen molar-refractivity contribution in [2.24, 2.45) is 5.73 Å². The van der Waals surface area contributed by atoms with Gasteiger partial charge in [-0.1, -0.05) is 0 Å². The fourth-order valence-corrected chi connectivity index (χ4v) is 2.22. The second-order valence-corrected chi connectivity index (χ2v) is 4.88. The van der Waals surface area contributed by atoms with Gasteiger partial charge in [0.25, 0.3) is 0 Å². The van der Waals surface area contributed by atoms with Gasteiger partial charge in [0.1, 0.15) is 5.82 Å². The minimum absolute atomic E-state index is 0.291. The third kappa shape index (κ3) is 2.83. The first kappa shape index (κ1) is 13.5. The standard InChI is InChI=1S/C16H15FN4/c1-11-4-16(2-3-19-11)21-10-14(9-20-21)13-5-12(8-18)6-15(17)7-13/h2-7,9-10H,8,18H2,1H3. The number of halogens is 1. The van der Waals surface area contributed by atoms with Gasteiger partial charge in [-0.15, -0.1) is 0 Å². The maximum absolute atomic E-state index is 13.6. The predicted octanol–water partition coefficient (Wildman–Crippen LogP) is 2.84. The number of aryl methyl sites for hydroxylation is 1. The van der Waals surface area contributed by atoms with E-state index in [-0.39, 0.29) is 5.82 Å². The highest BCUT2D eigenvalue weighted by atomic mass is 19.1. The lowest BCUT2D eigenvalue weighted by Gasteiger charge is -2.03. The number of rotatable bonds is 3. The van der Waals surface area contributed by atoms with Crippen LogP contribution in [0.5, 0.6) is 0 Å². The molecular weight excluding hydrogens is 267 g/mol. The Morgan fingerprint density at radius 3 is 2.81 bits per heavy atom. The predicted molar refractivity (Wildman–Crippen MR) is 79.4 cm³/mol. The maximum Gasteiger partial charge on any atom is 0.124 e. The number of nitrogens with two attached hydrogens (primary N) is 1. The monoisotopic (exact) mass is 282 g/mol. The molecule has 3 aromatic rings. The first-order valence-corrected chi connectivity index (χ1v) is 6.63. The summed E-state index contributed by atoms with van der Waals surface area (Å²) < 4.78 is 15.3. The SMILES string of the molecule is Cc1cc(-n2cc(-c3cc(F)cc(CN)c3)cn2)ccn1. The van der Waals surface area contributed by atoms with Gasteiger partial charge < -0.3 is 5.73 Å². The third-order valence-electron chi connectivity index (χ3n) is 3.25. The number of nitrogens with zero attached hydrogens (tertiary/aromatic N) is 3. The lowest BCUT2D eigenvalue weighted by Crippen LogP contribution is -1.97. The molecule has 2 aromatic heterocycles. The van der Waals surface area contributed by atoms with Crippen molar-refractivity contribution < 1.29 is 4.39 Å². The molecule has 0 saturated heterocycles. The smallest absolute Gasteiger partial charge is 0.124 e. The first-order valence-electron chi connectivity index (χ1n) is 6.63. The van der Waals surface area contributed by atoms with Crippen LogP contribution in [-0.2, 0) is 6.54 Å². The first-order chi connectivity index (χ1) is 10.2. The molecule has 2 N–H and O–H groups in total. The number of hydrogen-bond donors (Lipinski definition) is 1. The van der Waals surface area contributed by atoms with Crippen LogP contribution >= 0.6 is 0 Å². The van der Waals surface area contributed by atoms with Crippen LogP contribution in [0.15, 0.2) is 48.9 Å². The van der Waals surface area contributed by atoms with E-state index in [2.05, 4.69) is 10.1 Å². The van der Waals surface area contributed by atoms with Gasteiger partial charge in [-0.3, -0.25) is 4.98 Å². The van der Waals surface area contributed by atoms with E-state index in [0.29, 0.717) is 6.54 Å². The van der Waals surface area contributed by atoms with E-state index in [1.165, 1.54) is 12.1 Å². The van der Waals surface area contributed by atoms with Crippen molar-refractivity contribution in [1.29, 1.82) is 0 Å². The summed E-state index contributed by atoms with van der Waals surface area (Å²) in [5, 5.41) is 4.32. The molecule has 21 heavy (non-hydrogen) atoms. The molecule has 0 radical (unpaired) electrons. The Labute approximate surface area is 122 Å². The van der Waals surface area contributed by atoms with Crippen molar-refractivity contribution in [2.75, 3.05) is 0 Å². The summed E-state index contributed by atoms with van der Waals surface area (Å²) in [6.45, 7) is 2.23. The van der Waals surface area contributed by atoms with Crippen molar-refractivity contribution in [3.05, 3.63) is 66.0 Å². The lowest BCUT2D eigenvalue weighted by molar-refractivity contribution is 0.626. The highest BCUT2D eigenvalue weighted by Gasteiger charge is 2.06. The maximum atomic E-state index is 13.6. The molecule has 3 rings (SSSR count). The highest BCUT2D eigenvalue weighted by Crippen LogP contribution is 2.22. The van der Waals surface area contributed by atoms with Gasteiger partial charge in [-0.2, -0.15) is 5.10 Å². The molecule has 1 aromatic carbocycles. The second-order valence-electron chi connectivity index (χ2n) is 4.88. The number of aromatic nitrogens is 3. The molecule has 0 spiro atoms. The minimum Gasteiger partial charge on any atom is -0.326 e. The molecule has 0 fully saturated rings. The third-order valence-corrected chi connectivity index (χ3v) is 3.25. The van der Waals surface area contributed by atoms with Crippen LogP contribution in [0.25, 0.3) is 16.8 Å². The molecule has 0 saturated carbocycles. The van der Waals surface area contributed by atoms with E-state index in [1.807, 2.05) is 31.3 Å². The van der Waals surface area contributed by atoms with Crippen LogP contribution in [0.1, 0.15) is 11.3 Å². The van der Waals surface area contributed by atoms with Crippen molar-refractivity contribution in [1.82, 2.24) is 14.8 Å². The Hall–Kier alpha value is -2.53. The molecule has 4 nitrogen and oxygen atoms in total. The molecule has 5 heteroatoms. The Kier molecular flexibility index (Phi) is 3.50. The molecule has 0 unspecified atom stereocenters.